The maximum atomic E-state index is 12.9. The number of nitro benzene ring substituents is 1. The Morgan fingerprint density at radius 1 is 0.867 bits per heavy atom. The number of rotatable bonds is 4. The van der Waals surface area contributed by atoms with E-state index in [2.05, 4.69) is 0 Å². The zero-order chi connectivity index (χ0) is 21.3. The van der Waals surface area contributed by atoms with Crippen molar-refractivity contribution >= 4 is 32.4 Å². The summed E-state index contributed by atoms with van der Waals surface area (Å²) in [5, 5.41) is 13.0. The monoisotopic (exact) mass is 425 g/mol. The van der Waals surface area contributed by atoms with Crippen LogP contribution in [0.15, 0.2) is 71.6 Å². The van der Waals surface area contributed by atoms with E-state index < -0.39 is 14.9 Å². The number of piperazine rings is 1. The highest BCUT2D eigenvalue weighted by Crippen LogP contribution is 2.23. The van der Waals surface area contributed by atoms with Gasteiger partial charge in [0, 0.05) is 43.9 Å². The summed E-state index contributed by atoms with van der Waals surface area (Å²) >= 11 is 0. The smallest absolute Gasteiger partial charge is 0.270 e. The van der Waals surface area contributed by atoms with Crippen LogP contribution in [0.3, 0.4) is 0 Å². The molecule has 0 unspecified atom stereocenters. The second-order valence-corrected chi connectivity index (χ2v) is 8.95. The van der Waals surface area contributed by atoms with Crippen molar-refractivity contribution in [3.63, 3.8) is 0 Å². The number of fused-ring (bicyclic) bond motifs is 1. The van der Waals surface area contributed by atoms with Crippen LogP contribution in [0, 0.1) is 10.1 Å². The Hall–Kier alpha value is -3.30. The molecule has 0 N–H and O–H groups in total. The molecule has 9 heteroatoms. The summed E-state index contributed by atoms with van der Waals surface area (Å²) in [5.74, 6) is -0.145. The Morgan fingerprint density at radius 2 is 1.57 bits per heavy atom. The lowest BCUT2D eigenvalue weighted by Gasteiger charge is -2.34. The lowest BCUT2D eigenvalue weighted by molar-refractivity contribution is -0.385. The minimum Gasteiger partial charge on any atom is -0.336 e. The van der Waals surface area contributed by atoms with Crippen molar-refractivity contribution < 1.29 is 18.1 Å². The van der Waals surface area contributed by atoms with E-state index in [9.17, 15) is 23.3 Å². The third kappa shape index (κ3) is 3.77. The summed E-state index contributed by atoms with van der Waals surface area (Å²) < 4.78 is 27.0. The van der Waals surface area contributed by atoms with E-state index in [1.807, 2.05) is 36.4 Å². The molecule has 0 aliphatic carbocycles. The molecule has 4 rings (SSSR count). The van der Waals surface area contributed by atoms with Crippen molar-refractivity contribution in [3.8, 4) is 0 Å². The number of hydrogen-bond acceptors (Lipinski definition) is 5. The van der Waals surface area contributed by atoms with Gasteiger partial charge in [0.15, 0.2) is 0 Å². The quantitative estimate of drug-likeness (QED) is 0.473. The van der Waals surface area contributed by atoms with Gasteiger partial charge >= 0.3 is 0 Å². The first-order valence-electron chi connectivity index (χ1n) is 9.39. The largest absolute Gasteiger partial charge is 0.336 e. The summed E-state index contributed by atoms with van der Waals surface area (Å²) in [5.41, 5.74) is 0.282. The van der Waals surface area contributed by atoms with E-state index in [1.54, 1.807) is 11.0 Å². The molecule has 1 fully saturated rings. The van der Waals surface area contributed by atoms with E-state index in [0.717, 1.165) is 16.8 Å². The fourth-order valence-electron chi connectivity index (χ4n) is 3.54. The van der Waals surface area contributed by atoms with Gasteiger partial charge in [-0.25, -0.2) is 8.42 Å². The van der Waals surface area contributed by atoms with Crippen LogP contribution in [-0.2, 0) is 10.0 Å². The van der Waals surface area contributed by atoms with Gasteiger partial charge in [-0.2, -0.15) is 4.31 Å². The Kier molecular flexibility index (Phi) is 5.23. The standard InChI is InChI=1S/C21H19N3O5S/c25-21(18-9-8-16-4-1-2-5-17(16)14-18)22-10-12-23(13-11-22)30(28,29)20-7-3-6-19(15-20)24(26)27/h1-9,14-15H,10-13H2. The molecule has 3 aromatic rings. The molecule has 8 nitrogen and oxygen atoms in total. The summed E-state index contributed by atoms with van der Waals surface area (Å²) in [6, 6.07) is 18.3. The number of carbonyl (C=O) groups is 1. The van der Waals surface area contributed by atoms with Crippen LogP contribution in [0.5, 0.6) is 0 Å². The van der Waals surface area contributed by atoms with Gasteiger partial charge in [-0.15, -0.1) is 0 Å². The zero-order valence-electron chi connectivity index (χ0n) is 16.0. The van der Waals surface area contributed by atoms with E-state index in [4.69, 9.17) is 0 Å². The fraction of sp³-hybridized carbons (Fsp3) is 0.190. The minimum absolute atomic E-state index is 0.119. The first kappa shape index (κ1) is 20.0. The fourth-order valence-corrected chi connectivity index (χ4v) is 5.01. The van der Waals surface area contributed by atoms with Crippen molar-refractivity contribution in [3.05, 3.63) is 82.4 Å². The molecule has 0 bridgehead atoms. The van der Waals surface area contributed by atoms with Crippen molar-refractivity contribution in [1.29, 1.82) is 0 Å². The molecule has 3 aromatic carbocycles. The van der Waals surface area contributed by atoms with Gasteiger partial charge in [0.05, 0.1) is 9.82 Å². The number of carbonyl (C=O) groups excluding carboxylic acids is 1. The van der Waals surface area contributed by atoms with Gasteiger partial charge in [-0.05, 0) is 29.0 Å². The number of benzene rings is 3. The molecule has 0 saturated carbocycles. The van der Waals surface area contributed by atoms with Crippen LogP contribution >= 0.6 is 0 Å². The van der Waals surface area contributed by atoms with Crippen LogP contribution in [0.4, 0.5) is 5.69 Å². The van der Waals surface area contributed by atoms with E-state index in [1.165, 1.54) is 22.5 Å². The lowest BCUT2D eigenvalue weighted by Crippen LogP contribution is -2.50. The van der Waals surface area contributed by atoms with Crippen molar-refractivity contribution in [2.24, 2.45) is 0 Å². The van der Waals surface area contributed by atoms with Gasteiger partial charge < -0.3 is 4.90 Å². The predicted molar refractivity (Wildman–Crippen MR) is 112 cm³/mol. The van der Waals surface area contributed by atoms with Crippen molar-refractivity contribution in [2.75, 3.05) is 26.2 Å². The van der Waals surface area contributed by atoms with Crippen LogP contribution in [0.1, 0.15) is 10.4 Å². The summed E-state index contributed by atoms with van der Waals surface area (Å²) in [6.45, 7) is 0.758. The Morgan fingerprint density at radius 3 is 2.27 bits per heavy atom. The van der Waals surface area contributed by atoms with Gasteiger partial charge in [0.2, 0.25) is 10.0 Å². The van der Waals surface area contributed by atoms with Crippen LogP contribution in [0.2, 0.25) is 0 Å². The molecule has 30 heavy (non-hydrogen) atoms. The maximum absolute atomic E-state index is 12.9. The van der Waals surface area contributed by atoms with E-state index >= 15 is 0 Å². The number of non-ortho nitro benzene ring substituents is 1. The molecule has 1 amide bonds. The molecule has 0 spiro atoms. The SMILES string of the molecule is O=C(c1ccc2ccccc2c1)N1CCN(S(=O)(=O)c2cccc([N+](=O)[O-])c2)CC1. The second-order valence-electron chi connectivity index (χ2n) is 7.01. The average molecular weight is 425 g/mol. The topological polar surface area (TPSA) is 101 Å². The van der Waals surface area contributed by atoms with Crippen LogP contribution < -0.4 is 0 Å². The molecule has 0 atom stereocenters. The summed E-state index contributed by atoms with van der Waals surface area (Å²) in [7, 11) is -3.87. The first-order valence-corrected chi connectivity index (χ1v) is 10.8. The highest BCUT2D eigenvalue weighted by molar-refractivity contribution is 7.89. The highest BCUT2D eigenvalue weighted by atomic mass is 32.2. The number of amides is 1. The van der Waals surface area contributed by atoms with Gasteiger partial charge in [0.1, 0.15) is 0 Å². The predicted octanol–water partition coefficient (Wildman–Crippen LogP) is 2.89. The maximum Gasteiger partial charge on any atom is 0.270 e. The molecule has 154 valence electrons. The summed E-state index contributed by atoms with van der Waals surface area (Å²) in [6.07, 6.45) is 0. The first-order chi connectivity index (χ1) is 14.4. The number of hydrogen-bond donors (Lipinski definition) is 0. The molecular formula is C21H19N3O5S. The lowest BCUT2D eigenvalue weighted by atomic mass is 10.1. The molecule has 1 aliphatic heterocycles. The molecule has 1 aliphatic rings. The van der Waals surface area contributed by atoms with Gasteiger partial charge in [0.25, 0.3) is 11.6 Å². The number of nitro groups is 1. The van der Waals surface area contributed by atoms with Crippen LogP contribution in [-0.4, -0.2) is 54.6 Å². The third-order valence-electron chi connectivity index (χ3n) is 5.19. The van der Waals surface area contributed by atoms with Crippen molar-refractivity contribution in [1.82, 2.24) is 9.21 Å². The second kappa shape index (κ2) is 7.85. The Balaban J connectivity index is 1.48. The van der Waals surface area contributed by atoms with Gasteiger partial charge in [-0.1, -0.05) is 36.4 Å². The van der Waals surface area contributed by atoms with Gasteiger partial charge in [-0.3, -0.25) is 14.9 Å². The Bertz CT molecular complexity index is 1230. The molecule has 1 saturated heterocycles. The van der Waals surface area contributed by atoms with Crippen LogP contribution in [0.25, 0.3) is 10.8 Å². The third-order valence-corrected chi connectivity index (χ3v) is 7.08. The normalized spacial score (nSPS) is 15.3. The molecule has 0 aromatic heterocycles. The molecular weight excluding hydrogens is 406 g/mol. The Labute approximate surface area is 173 Å². The summed E-state index contributed by atoms with van der Waals surface area (Å²) in [4.78, 5) is 24.7. The highest BCUT2D eigenvalue weighted by Gasteiger charge is 2.31. The number of sulfonamides is 1. The minimum atomic E-state index is -3.87. The molecule has 1 heterocycles. The zero-order valence-corrected chi connectivity index (χ0v) is 16.8. The molecule has 0 radical (unpaired) electrons. The van der Waals surface area contributed by atoms with Crippen molar-refractivity contribution in [2.45, 2.75) is 4.90 Å². The van der Waals surface area contributed by atoms with E-state index in [0.29, 0.717) is 5.56 Å². The number of nitrogens with zero attached hydrogens (tertiary/aromatic N) is 3. The average Bonchev–Trinajstić information content (AvgIpc) is 2.78. The van der Waals surface area contributed by atoms with E-state index in [-0.39, 0.29) is 42.7 Å².